The Bertz CT molecular complexity index is 417. The van der Waals surface area contributed by atoms with E-state index in [2.05, 4.69) is 27.2 Å². The Kier molecular flexibility index (Phi) is 6.02. The molecular formula is C15H26N4O2. The van der Waals surface area contributed by atoms with E-state index in [9.17, 15) is 0 Å². The number of hydrogen-bond donors (Lipinski definition) is 1. The lowest BCUT2D eigenvalue weighted by Gasteiger charge is -2.28. The third kappa shape index (κ3) is 4.72. The third-order valence-corrected chi connectivity index (χ3v) is 3.79. The van der Waals surface area contributed by atoms with Gasteiger partial charge in [-0.25, -0.2) is 0 Å². The van der Waals surface area contributed by atoms with Crippen LogP contribution < -0.4 is 14.8 Å². The normalized spacial score (nSPS) is 21.9. The van der Waals surface area contributed by atoms with E-state index in [0.29, 0.717) is 24.6 Å². The molecule has 1 aromatic heterocycles. The molecule has 2 unspecified atom stereocenters. The highest BCUT2D eigenvalue weighted by Gasteiger charge is 2.23. The van der Waals surface area contributed by atoms with E-state index in [-0.39, 0.29) is 6.10 Å². The lowest BCUT2D eigenvalue weighted by atomic mass is 9.86. The molecule has 6 heteroatoms. The Morgan fingerprint density at radius 3 is 2.62 bits per heavy atom. The molecule has 1 aliphatic rings. The molecule has 0 aliphatic heterocycles. The average Bonchev–Trinajstić information content (AvgIpc) is 2.48. The fourth-order valence-corrected chi connectivity index (χ4v) is 2.69. The van der Waals surface area contributed by atoms with Crippen molar-refractivity contribution < 1.29 is 9.47 Å². The predicted octanol–water partition coefficient (Wildman–Crippen LogP) is 3.05. The van der Waals surface area contributed by atoms with Crippen molar-refractivity contribution >= 4 is 5.95 Å². The molecular weight excluding hydrogens is 268 g/mol. The second-order valence-corrected chi connectivity index (χ2v) is 5.37. The van der Waals surface area contributed by atoms with Gasteiger partial charge in [-0.3, -0.25) is 0 Å². The molecule has 1 heterocycles. The van der Waals surface area contributed by atoms with Gasteiger partial charge >= 0.3 is 12.0 Å². The molecule has 1 saturated carbocycles. The van der Waals surface area contributed by atoms with Crippen LogP contribution in [0.5, 0.6) is 12.0 Å². The van der Waals surface area contributed by atoms with Gasteiger partial charge in [0.15, 0.2) is 0 Å². The maximum Gasteiger partial charge on any atom is 0.324 e. The van der Waals surface area contributed by atoms with E-state index in [0.717, 1.165) is 25.3 Å². The first-order valence-electron chi connectivity index (χ1n) is 8.04. The van der Waals surface area contributed by atoms with E-state index in [1.807, 2.05) is 13.8 Å². The summed E-state index contributed by atoms with van der Waals surface area (Å²) in [4.78, 5) is 12.8. The number of anilines is 1. The SMILES string of the molecule is CCNc1nc(OCC)nc(OC2CCCC(CC)C2)n1. The summed E-state index contributed by atoms with van der Waals surface area (Å²) in [5, 5.41) is 3.08. The average molecular weight is 294 g/mol. The molecule has 2 atom stereocenters. The molecule has 0 saturated heterocycles. The fraction of sp³-hybridized carbons (Fsp3) is 0.800. The maximum atomic E-state index is 5.98. The molecule has 1 N–H and O–H groups in total. The van der Waals surface area contributed by atoms with Crippen molar-refractivity contribution in [1.82, 2.24) is 15.0 Å². The highest BCUT2D eigenvalue weighted by atomic mass is 16.5. The van der Waals surface area contributed by atoms with Crippen LogP contribution in [-0.2, 0) is 0 Å². The van der Waals surface area contributed by atoms with Crippen molar-refractivity contribution in [2.45, 2.75) is 59.0 Å². The Morgan fingerprint density at radius 2 is 1.90 bits per heavy atom. The largest absolute Gasteiger partial charge is 0.464 e. The number of ether oxygens (including phenoxy) is 2. The van der Waals surface area contributed by atoms with Gasteiger partial charge in [0.05, 0.1) is 6.61 Å². The molecule has 1 aromatic rings. The molecule has 21 heavy (non-hydrogen) atoms. The summed E-state index contributed by atoms with van der Waals surface area (Å²) < 4.78 is 11.4. The van der Waals surface area contributed by atoms with Gasteiger partial charge in [0, 0.05) is 6.54 Å². The lowest BCUT2D eigenvalue weighted by molar-refractivity contribution is 0.110. The molecule has 0 radical (unpaired) electrons. The smallest absolute Gasteiger partial charge is 0.324 e. The Balaban J connectivity index is 2.06. The zero-order valence-electron chi connectivity index (χ0n) is 13.3. The van der Waals surface area contributed by atoms with Crippen LogP contribution in [0.2, 0.25) is 0 Å². The molecule has 0 spiro atoms. The second kappa shape index (κ2) is 8.00. The second-order valence-electron chi connectivity index (χ2n) is 5.37. The van der Waals surface area contributed by atoms with Crippen LogP contribution in [0.4, 0.5) is 5.95 Å². The van der Waals surface area contributed by atoms with Gasteiger partial charge in [-0.15, -0.1) is 4.98 Å². The molecule has 2 rings (SSSR count). The number of nitrogens with one attached hydrogen (secondary N) is 1. The van der Waals surface area contributed by atoms with E-state index in [1.165, 1.54) is 19.3 Å². The Labute approximate surface area is 126 Å². The van der Waals surface area contributed by atoms with Crippen LogP contribution in [0.3, 0.4) is 0 Å². The first-order chi connectivity index (χ1) is 10.2. The number of hydrogen-bond acceptors (Lipinski definition) is 6. The molecule has 1 aliphatic carbocycles. The number of nitrogens with zero attached hydrogens (tertiary/aromatic N) is 3. The van der Waals surface area contributed by atoms with E-state index < -0.39 is 0 Å². The highest BCUT2D eigenvalue weighted by Crippen LogP contribution is 2.29. The van der Waals surface area contributed by atoms with Gasteiger partial charge in [-0.2, -0.15) is 9.97 Å². The summed E-state index contributed by atoms with van der Waals surface area (Å²) >= 11 is 0. The predicted molar refractivity (Wildman–Crippen MR) is 81.8 cm³/mol. The van der Waals surface area contributed by atoms with Gasteiger partial charge in [0.2, 0.25) is 5.95 Å². The van der Waals surface area contributed by atoms with Gasteiger partial charge in [0.25, 0.3) is 0 Å². The minimum atomic E-state index is 0.204. The molecule has 0 aromatic carbocycles. The summed E-state index contributed by atoms with van der Waals surface area (Å²) in [5.41, 5.74) is 0. The quantitative estimate of drug-likeness (QED) is 0.833. The van der Waals surface area contributed by atoms with Crippen molar-refractivity contribution in [3.63, 3.8) is 0 Å². The van der Waals surface area contributed by atoms with E-state index >= 15 is 0 Å². The molecule has 1 fully saturated rings. The van der Waals surface area contributed by atoms with Crippen LogP contribution in [0.15, 0.2) is 0 Å². The summed E-state index contributed by atoms with van der Waals surface area (Å²) in [6.07, 6.45) is 6.09. The summed E-state index contributed by atoms with van der Waals surface area (Å²) in [5.74, 6) is 1.26. The fourth-order valence-electron chi connectivity index (χ4n) is 2.69. The van der Waals surface area contributed by atoms with E-state index in [4.69, 9.17) is 9.47 Å². The third-order valence-electron chi connectivity index (χ3n) is 3.79. The van der Waals surface area contributed by atoms with E-state index in [1.54, 1.807) is 0 Å². The number of rotatable bonds is 7. The molecule has 0 amide bonds. The topological polar surface area (TPSA) is 69.2 Å². The lowest BCUT2D eigenvalue weighted by Crippen LogP contribution is -2.26. The minimum absolute atomic E-state index is 0.204. The van der Waals surface area contributed by atoms with Crippen LogP contribution in [0.25, 0.3) is 0 Å². The van der Waals surface area contributed by atoms with Gasteiger partial charge < -0.3 is 14.8 Å². The van der Waals surface area contributed by atoms with Gasteiger partial charge in [-0.05, 0) is 39.0 Å². The zero-order valence-corrected chi connectivity index (χ0v) is 13.3. The molecule has 118 valence electrons. The van der Waals surface area contributed by atoms with Crippen molar-refractivity contribution in [2.75, 3.05) is 18.5 Å². The Hall–Kier alpha value is -1.59. The molecule has 0 bridgehead atoms. The minimum Gasteiger partial charge on any atom is -0.464 e. The standard InChI is InChI=1S/C15H26N4O2/c1-4-11-8-7-9-12(10-11)21-15-18-13(16-5-2)17-14(19-15)20-6-3/h11-12H,4-10H2,1-3H3,(H,16,17,18,19). The first-order valence-corrected chi connectivity index (χ1v) is 8.04. The first kappa shape index (κ1) is 15.8. The van der Waals surface area contributed by atoms with Crippen molar-refractivity contribution in [2.24, 2.45) is 5.92 Å². The maximum absolute atomic E-state index is 5.98. The van der Waals surface area contributed by atoms with Crippen LogP contribution in [-0.4, -0.2) is 34.2 Å². The van der Waals surface area contributed by atoms with Crippen LogP contribution in [0.1, 0.15) is 52.9 Å². The van der Waals surface area contributed by atoms with Gasteiger partial charge in [0.1, 0.15) is 6.10 Å². The van der Waals surface area contributed by atoms with Crippen molar-refractivity contribution in [3.8, 4) is 12.0 Å². The number of aromatic nitrogens is 3. The Morgan fingerprint density at radius 1 is 1.10 bits per heavy atom. The summed E-state index contributed by atoms with van der Waals surface area (Å²) in [6.45, 7) is 7.42. The van der Waals surface area contributed by atoms with Crippen LogP contribution in [0, 0.1) is 5.92 Å². The summed E-state index contributed by atoms with van der Waals surface area (Å²) in [7, 11) is 0. The monoisotopic (exact) mass is 294 g/mol. The zero-order chi connectivity index (χ0) is 15.1. The van der Waals surface area contributed by atoms with Gasteiger partial charge in [-0.1, -0.05) is 19.8 Å². The summed E-state index contributed by atoms with van der Waals surface area (Å²) in [6, 6.07) is 0.687. The molecule has 6 nitrogen and oxygen atoms in total. The van der Waals surface area contributed by atoms with Crippen LogP contribution >= 0.6 is 0 Å². The van der Waals surface area contributed by atoms with Crippen molar-refractivity contribution in [1.29, 1.82) is 0 Å². The van der Waals surface area contributed by atoms with Crippen molar-refractivity contribution in [3.05, 3.63) is 0 Å². The highest BCUT2D eigenvalue weighted by molar-refractivity contribution is 5.27.